The number of aromatic carboxylic acids is 1. The van der Waals surface area contributed by atoms with Gasteiger partial charge >= 0.3 is 5.97 Å². The number of carbonyl (C=O) groups excluding carboxylic acids is 1. The van der Waals surface area contributed by atoms with Crippen LogP contribution >= 0.6 is 0 Å². The largest absolute Gasteiger partial charge is 0.478 e. The minimum Gasteiger partial charge on any atom is -0.478 e. The smallest absolute Gasteiger partial charge is 0.337 e. The molecule has 0 spiro atoms. The van der Waals surface area contributed by atoms with Crippen LogP contribution in [0.4, 0.5) is 0 Å². The van der Waals surface area contributed by atoms with Gasteiger partial charge in [0, 0.05) is 6.54 Å². The molecule has 2 aromatic heterocycles. The van der Waals surface area contributed by atoms with Gasteiger partial charge < -0.3 is 19.7 Å². The molecule has 0 saturated carbocycles. The molecule has 0 fully saturated rings. The maximum absolute atomic E-state index is 12.5. The molecule has 1 atom stereocenters. The van der Waals surface area contributed by atoms with E-state index in [2.05, 4.69) is 20.7 Å². The van der Waals surface area contributed by atoms with Gasteiger partial charge in [-0.2, -0.15) is 4.80 Å². The fourth-order valence-corrected chi connectivity index (χ4v) is 2.50. The first kappa shape index (κ1) is 15.2. The number of nitrogens with zero attached hydrogens (tertiary/aromatic N) is 5. The Hall–Kier alpha value is -2.75. The standard InChI is InChI=1S/C13H16N6O4/c1-7(11-15-17-18(2)16-11)14-12(20)9-5-8(13(21)22)10-6-23-4-3-19(9)10/h5,7H,3-4,6H2,1-2H3,(H,14,20)(H,21,22). The first-order valence-electron chi connectivity index (χ1n) is 7.05. The van der Waals surface area contributed by atoms with Crippen LogP contribution in [0.25, 0.3) is 0 Å². The summed E-state index contributed by atoms with van der Waals surface area (Å²) in [7, 11) is 1.63. The summed E-state index contributed by atoms with van der Waals surface area (Å²) in [4.78, 5) is 25.1. The van der Waals surface area contributed by atoms with Gasteiger partial charge in [-0.05, 0) is 18.2 Å². The first-order chi connectivity index (χ1) is 11.0. The van der Waals surface area contributed by atoms with Crippen molar-refractivity contribution in [2.24, 2.45) is 7.05 Å². The van der Waals surface area contributed by atoms with Gasteiger partial charge in [0.15, 0.2) is 5.82 Å². The lowest BCUT2D eigenvalue weighted by atomic mass is 10.2. The molecule has 2 aromatic rings. The summed E-state index contributed by atoms with van der Waals surface area (Å²) in [5.41, 5.74) is 0.871. The van der Waals surface area contributed by atoms with Gasteiger partial charge in [0.1, 0.15) is 5.69 Å². The highest BCUT2D eigenvalue weighted by molar-refractivity contribution is 5.98. The van der Waals surface area contributed by atoms with Gasteiger partial charge in [0.05, 0.1) is 37.6 Å². The number of hydrogen-bond acceptors (Lipinski definition) is 6. The van der Waals surface area contributed by atoms with Crippen molar-refractivity contribution in [3.63, 3.8) is 0 Å². The number of aromatic nitrogens is 5. The van der Waals surface area contributed by atoms with E-state index >= 15 is 0 Å². The molecule has 10 nitrogen and oxygen atoms in total. The topological polar surface area (TPSA) is 124 Å². The molecule has 10 heteroatoms. The van der Waals surface area contributed by atoms with E-state index in [9.17, 15) is 14.7 Å². The van der Waals surface area contributed by atoms with Crippen LogP contribution in [0.5, 0.6) is 0 Å². The third kappa shape index (κ3) is 2.80. The Labute approximate surface area is 131 Å². The van der Waals surface area contributed by atoms with Crippen molar-refractivity contribution in [3.8, 4) is 0 Å². The zero-order valence-corrected chi connectivity index (χ0v) is 12.7. The molecule has 3 heterocycles. The Morgan fingerprint density at radius 3 is 2.91 bits per heavy atom. The molecule has 1 amide bonds. The average Bonchev–Trinajstić information content (AvgIpc) is 3.11. The monoisotopic (exact) mass is 320 g/mol. The Bertz CT molecular complexity index is 765. The van der Waals surface area contributed by atoms with Crippen LogP contribution in [0, 0.1) is 0 Å². The van der Waals surface area contributed by atoms with Gasteiger partial charge in [-0.3, -0.25) is 4.79 Å². The van der Waals surface area contributed by atoms with Crippen LogP contribution in [0.15, 0.2) is 6.07 Å². The normalized spacial score (nSPS) is 15.0. The van der Waals surface area contributed by atoms with Gasteiger partial charge in [-0.1, -0.05) is 0 Å². The maximum Gasteiger partial charge on any atom is 0.337 e. The summed E-state index contributed by atoms with van der Waals surface area (Å²) in [5.74, 6) is -1.09. The van der Waals surface area contributed by atoms with Crippen molar-refractivity contribution in [3.05, 3.63) is 28.8 Å². The lowest BCUT2D eigenvalue weighted by molar-refractivity contribution is 0.0656. The molecule has 0 bridgehead atoms. The van der Waals surface area contributed by atoms with Crippen molar-refractivity contribution in [2.45, 2.75) is 26.1 Å². The third-order valence-electron chi connectivity index (χ3n) is 3.63. The Balaban J connectivity index is 1.86. The number of hydrogen-bond donors (Lipinski definition) is 2. The summed E-state index contributed by atoms with van der Waals surface area (Å²) in [6, 6.07) is 0.925. The summed E-state index contributed by atoms with van der Waals surface area (Å²) in [5, 5.41) is 23.6. The number of tetrazole rings is 1. The van der Waals surface area contributed by atoms with Crippen molar-refractivity contribution in [2.75, 3.05) is 6.61 Å². The highest BCUT2D eigenvalue weighted by atomic mass is 16.5. The molecule has 0 aromatic carbocycles. The quantitative estimate of drug-likeness (QED) is 0.794. The zero-order chi connectivity index (χ0) is 16.6. The van der Waals surface area contributed by atoms with Crippen LogP contribution in [-0.2, 0) is 24.9 Å². The molecule has 3 rings (SSSR count). The van der Waals surface area contributed by atoms with Gasteiger partial charge in [0.2, 0.25) is 0 Å². The van der Waals surface area contributed by atoms with Gasteiger partial charge in [0.25, 0.3) is 5.91 Å². The molecular formula is C13H16N6O4. The van der Waals surface area contributed by atoms with Crippen molar-refractivity contribution < 1.29 is 19.4 Å². The van der Waals surface area contributed by atoms with E-state index in [0.29, 0.717) is 24.7 Å². The maximum atomic E-state index is 12.5. The molecule has 0 aliphatic carbocycles. The Morgan fingerprint density at radius 2 is 2.26 bits per heavy atom. The zero-order valence-electron chi connectivity index (χ0n) is 12.7. The number of nitrogens with one attached hydrogen (secondary N) is 1. The summed E-state index contributed by atoms with van der Waals surface area (Å²) >= 11 is 0. The van der Waals surface area contributed by atoms with E-state index < -0.39 is 12.0 Å². The number of aryl methyl sites for hydroxylation is 1. The van der Waals surface area contributed by atoms with Crippen molar-refractivity contribution >= 4 is 11.9 Å². The van der Waals surface area contributed by atoms with Gasteiger partial charge in [-0.25, -0.2) is 4.79 Å². The third-order valence-corrected chi connectivity index (χ3v) is 3.63. The minimum atomic E-state index is -1.08. The molecule has 122 valence electrons. The second kappa shape index (κ2) is 5.80. The summed E-state index contributed by atoms with van der Waals surface area (Å²) in [6.07, 6.45) is 0. The van der Waals surface area contributed by atoms with Crippen LogP contribution in [-0.4, -0.2) is 48.4 Å². The highest BCUT2D eigenvalue weighted by Gasteiger charge is 2.26. The highest BCUT2D eigenvalue weighted by Crippen LogP contribution is 2.21. The Kier molecular flexibility index (Phi) is 3.82. The average molecular weight is 320 g/mol. The SMILES string of the molecule is CC(NC(=O)c1cc(C(=O)O)c2n1CCOC2)c1nnn(C)n1. The van der Waals surface area contributed by atoms with E-state index in [1.165, 1.54) is 10.9 Å². The lowest BCUT2D eigenvalue weighted by Crippen LogP contribution is -2.31. The van der Waals surface area contributed by atoms with Crippen molar-refractivity contribution in [1.82, 2.24) is 30.1 Å². The molecule has 23 heavy (non-hydrogen) atoms. The number of carboxylic acid groups (broad SMARTS) is 1. The second-order valence-electron chi connectivity index (χ2n) is 5.23. The predicted molar refractivity (Wildman–Crippen MR) is 75.7 cm³/mol. The van der Waals surface area contributed by atoms with Crippen LogP contribution in [0.2, 0.25) is 0 Å². The molecule has 0 radical (unpaired) electrons. The van der Waals surface area contributed by atoms with E-state index in [-0.39, 0.29) is 23.8 Å². The predicted octanol–water partition coefficient (Wildman–Crippen LogP) is -0.269. The molecule has 1 aliphatic heterocycles. The van der Waals surface area contributed by atoms with Gasteiger partial charge in [-0.15, -0.1) is 10.2 Å². The molecule has 0 saturated heterocycles. The van der Waals surface area contributed by atoms with E-state index in [1.54, 1.807) is 18.5 Å². The fraction of sp³-hybridized carbons (Fsp3) is 0.462. The van der Waals surface area contributed by atoms with Crippen molar-refractivity contribution in [1.29, 1.82) is 0 Å². The van der Waals surface area contributed by atoms with Crippen LogP contribution < -0.4 is 5.32 Å². The summed E-state index contributed by atoms with van der Waals surface area (Å²) < 4.78 is 6.97. The Morgan fingerprint density at radius 1 is 1.48 bits per heavy atom. The number of fused-ring (bicyclic) bond motifs is 1. The van der Waals surface area contributed by atoms with Crippen LogP contribution in [0.3, 0.4) is 0 Å². The number of carbonyl (C=O) groups is 2. The summed E-state index contributed by atoms with van der Waals surface area (Å²) in [6.45, 7) is 2.78. The number of carboxylic acids is 1. The number of rotatable bonds is 4. The lowest BCUT2D eigenvalue weighted by Gasteiger charge is -2.19. The van der Waals surface area contributed by atoms with E-state index in [1.807, 2.05) is 0 Å². The first-order valence-corrected chi connectivity index (χ1v) is 7.05. The molecule has 1 aliphatic rings. The number of amides is 1. The molecule has 2 N–H and O–H groups in total. The number of ether oxygens (including phenoxy) is 1. The fourth-order valence-electron chi connectivity index (χ4n) is 2.50. The molecular weight excluding hydrogens is 304 g/mol. The second-order valence-corrected chi connectivity index (χ2v) is 5.23. The van der Waals surface area contributed by atoms with E-state index in [0.717, 1.165) is 0 Å². The van der Waals surface area contributed by atoms with Crippen LogP contribution in [0.1, 0.15) is 45.3 Å². The van der Waals surface area contributed by atoms with E-state index in [4.69, 9.17) is 4.74 Å². The molecule has 1 unspecified atom stereocenters. The minimum absolute atomic E-state index is 0.0835.